The van der Waals surface area contributed by atoms with Crippen LogP contribution < -0.4 is 4.74 Å². The molecule has 8 rings (SSSR count). The molecule has 0 radical (unpaired) electrons. The molecule has 2 atom stereocenters. The summed E-state index contributed by atoms with van der Waals surface area (Å²) in [5.41, 5.74) is 7.66. The van der Waals surface area contributed by atoms with Gasteiger partial charge in [0, 0.05) is 32.7 Å². The third-order valence-corrected chi connectivity index (χ3v) is 9.14. The standard InChI is InChI=1S/C44H39N3O2/c1-28-16-19-39-38(22-28)37-18-17-35(27-40(37)47(39)41-26-34(20-21-45-41)44(3,4)5)48-36-24-32(30-12-8-6-9-13-30)23-33(25-36)43-46-29(2)42(49-43)31-14-10-7-11-15-31/h6-27,29,42H,1-5H3/t29-,42-/m1/s1/i2D3. The van der Waals surface area contributed by atoms with Gasteiger partial charge in [-0.2, -0.15) is 0 Å². The summed E-state index contributed by atoms with van der Waals surface area (Å²) < 4.78 is 40.1. The van der Waals surface area contributed by atoms with Gasteiger partial charge in [0.05, 0.1) is 17.1 Å². The van der Waals surface area contributed by atoms with Crippen LogP contribution in [0, 0.1) is 6.92 Å². The van der Waals surface area contributed by atoms with Crippen molar-refractivity contribution in [2.75, 3.05) is 0 Å². The molecule has 5 aromatic carbocycles. The number of hydrogen-bond donors (Lipinski definition) is 0. The predicted molar refractivity (Wildman–Crippen MR) is 200 cm³/mol. The maximum atomic E-state index is 8.28. The van der Waals surface area contributed by atoms with Crippen LogP contribution in [0.1, 0.15) is 60.1 Å². The van der Waals surface area contributed by atoms with Gasteiger partial charge in [0.15, 0.2) is 0 Å². The number of fused-ring (bicyclic) bond motifs is 3. The van der Waals surface area contributed by atoms with E-state index in [0.29, 0.717) is 17.1 Å². The van der Waals surface area contributed by atoms with E-state index in [4.69, 9.17) is 18.6 Å². The summed E-state index contributed by atoms with van der Waals surface area (Å²) in [6, 6.07) is 41.1. The van der Waals surface area contributed by atoms with Crippen LogP contribution in [0.2, 0.25) is 0 Å². The summed E-state index contributed by atoms with van der Waals surface area (Å²) in [7, 11) is 0. The lowest BCUT2D eigenvalue weighted by Gasteiger charge is -2.20. The van der Waals surface area contributed by atoms with Gasteiger partial charge in [-0.25, -0.2) is 9.98 Å². The minimum Gasteiger partial charge on any atom is -0.467 e. The molecule has 0 bridgehead atoms. The Morgan fingerprint density at radius 1 is 0.714 bits per heavy atom. The summed E-state index contributed by atoms with van der Waals surface area (Å²) in [6.07, 6.45) is 1.14. The Labute approximate surface area is 291 Å². The second kappa shape index (κ2) is 12.1. The van der Waals surface area contributed by atoms with E-state index in [2.05, 4.69) is 79.7 Å². The van der Waals surface area contributed by atoms with Gasteiger partial charge in [-0.3, -0.25) is 4.57 Å². The molecule has 0 aliphatic carbocycles. The number of hydrogen-bond acceptors (Lipinski definition) is 4. The van der Waals surface area contributed by atoms with Gasteiger partial charge in [0.2, 0.25) is 5.90 Å². The molecule has 7 aromatic rings. The molecule has 5 nitrogen and oxygen atoms in total. The van der Waals surface area contributed by atoms with Crippen LogP contribution >= 0.6 is 0 Å². The third-order valence-electron chi connectivity index (χ3n) is 9.14. The lowest BCUT2D eigenvalue weighted by molar-refractivity contribution is 0.202. The van der Waals surface area contributed by atoms with Crippen molar-refractivity contribution >= 4 is 27.7 Å². The molecule has 1 aliphatic heterocycles. The summed E-state index contributed by atoms with van der Waals surface area (Å²) >= 11 is 0. The van der Waals surface area contributed by atoms with E-state index in [1.54, 1.807) is 0 Å². The second-order valence-electron chi connectivity index (χ2n) is 13.7. The third kappa shape index (κ3) is 5.86. The van der Waals surface area contributed by atoms with E-state index in [-0.39, 0.29) is 11.3 Å². The largest absolute Gasteiger partial charge is 0.467 e. The first kappa shape index (κ1) is 27.3. The molecule has 0 spiro atoms. The molecule has 242 valence electrons. The Morgan fingerprint density at radius 3 is 2.27 bits per heavy atom. The van der Waals surface area contributed by atoms with Gasteiger partial charge in [-0.05, 0) is 96.0 Å². The van der Waals surface area contributed by atoms with Gasteiger partial charge in [0.25, 0.3) is 0 Å². The molecule has 0 saturated heterocycles. The van der Waals surface area contributed by atoms with Crippen molar-refractivity contribution in [1.82, 2.24) is 9.55 Å². The monoisotopic (exact) mass is 644 g/mol. The summed E-state index contributed by atoms with van der Waals surface area (Å²) in [5, 5.41) is 2.25. The van der Waals surface area contributed by atoms with Crippen molar-refractivity contribution < 1.29 is 13.6 Å². The number of rotatable bonds is 6. The fourth-order valence-corrected chi connectivity index (χ4v) is 6.59. The highest BCUT2D eigenvalue weighted by atomic mass is 16.5. The first-order valence-electron chi connectivity index (χ1n) is 18.1. The number of aryl methyl sites for hydroxylation is 1. The summed E-state index contributed by atoms with van der Waals surface area (Å²) in [4.78, 5) is 9.52. The molecule has 0 amide bonds. The zero-order valence-corrected chi connectivity index (χ0v) is 28.0. The quantitative estimate of drug-likeness (QED) is 0.181. The second-order valence-corrected chi connectivity index (χ2v) is 13.7. The fourth-order valence-electron chi connectivity index (χ4n) is 6.59. The van der Waals surface area contributed by atoms with E-state index in [1.165, 1.54) is 11.1 Å². The van der Waals surface area contributed by atoms with Crippen LogP contribution in [0.5, 0.6) is 11.5 Å². The Morgan fingerprint density at radius 2 is 1.49 bits per heavy atom. The molecule has 5 heteroatoms. The van der Waals surface area contributed by atoms with E-state index in [9.17, 15) is 0 Å². The molecular weight excluding hydrogens is 603 g/mol. The molecule has 49 heavy (non-hydrogen) atoms. The van der Waals surface area contributed by atoms with E-state index < -0.39 is 19.0 Å². The number of aromatic nitrogens is 2. The van der Waals surface area contributed by atoms with Crippen LogP contribution in [-0.4, -0.2) is 21.5 Å². The van der Waals surface area contributed by atoms with Crippen molar-refractivity contribution in [2.24, 2.45) is 4.99 Å². The van der Waals surface area contributed by atoms with E-state index >= 15 is 0 Å². The zero-order chi connectivity index (χ0) is 36.2. The first-order valence-corrected chi connectivity index (χ1v) is 16.6. The lowest BCUT2D eigenvalue weighted by Crippen LogP contribution is -2.12. The van der Waals surface area contributed by atoms with Gasteiger partial charge >= 0.3 is 0 Å². The number of ether oxygens (including phenoxy) is 2. The van der Waals surface area contributed by atoms with Gasteiger partial charge < -0.3 is 9.47 Å². The molecule has 2 aromatic heterocycles. The topological polar surface area (TPSA) is 48.6 Å². The first-order chi connectivity index (χ1) is 24.9. The lowest BCUT2D eigenvalue weighted by atomic mass is 9.88. The Kier molecular flexibility index (Phi) is 6.73. The van der Waals surface area contributed by atoms with E-state index in [0.717, 1.165) is 44.3 Å². The molecule has 0 fully saturated rings. The SMILES string of the molecule is [2H]C([2H])([2H])[C@H]1N=C(c2cc(Oc3ccc4c5cc(C)ccc5n(-c5cc(C(C)(C)C)ccn5)c4c3)cc(-c3ccccc3)c2)O[C@H]1c1ccccc1. The van der Waals surface area contributed by atoms with Crippen molar-refractivity contribution in [1.29, 1.82) is 0 Å². The van der Waals surface area contributed by atoms with Gasteiger partial charge in [-0.1, -0.05) is 93.1 Å². The fraction of sp³-hybridized carbons (Fsp3) is 0.182. The highest BCUT2D eigenvalue weighted by molar-refractivity contribution is 6.09. The highest BCUT2D eigenvalue weighted by Crippen LogP contribution is 2.38. The molecule has 1 aliphatic rings. The minimum atomic E-state index is -2.35. The highest BCUT2D eigenvalue weighted by Gasteiger charge is 2.30. The minimum absolute atomic E-state index is 0.0409. The molecular formula is C44H39N3O2. The van der Waals surface area contributed by atoms with Gasteiger partial charge in [0.1, 0.15) is 23.4 Å². The molecule has 3 heterocycles. The maximum absolute atomic E-state index is 8.28. The molecule has 0 unspecified atom stereocenters. The van der Waals surface area contributed by atoms with Crippen molar-refractivity contribution in [3.63, 3.8) is 0 Å². The average molecular weight is 645 g/mol. The number of nitrogens with zero attached hydrogens (tertiary/aromatic N) is 3. The number of pyridine rings is 1. The zero-order valence-electron chi connectivity index (χ0n) is 31.0. The Hall–Kier alpha value is -5.68. The van der Waals surface area contributed by atoms with Crippen molar-refractivity contribution in [2.45, 2.75) is 52.1 Å². The van der Waals surface area contributed by atoms with Crippen LogP contribution in [0.15, 0.2) is 139 Å². The number of aliphatic imine (C=N–C) groups is 1. The predicted octanol–water partition coefficient (Wildman–Crippen LogP) is 11.2. The van der Waals surface area contributed by atoms with Crippen LogP contribution in [0.4, 0.5) is 0 Å². The van der Waals surface area contributed by atoms with E-state index in [1.807, 2.05) is 91.1 Å². The normalized spacial score (nSPS) is 17.3. The molecule has 0 N–H and O–H groups in total. The van der Waals surface area contributed by atoms with Crippen molar-refractivity contribution in [3.8, 4) is 28.4 Å². The molecule has 0 saturated carbocycles. The maximum Gasteiger partial charge on any atom is 0.217 e. The van der Waals surface area contributed by atoms with Crippen molar-refractivity contribution in [3.05, 3.63) is 156 Å². The Balaban J connectivity index is 1.24. The Bertz CT molecular complexity index is 2460. The van der Waals surface area contributed by atoms with Crippen LogP contribution in [-0.2, 0) is 10.2 Å². The summed E-state index contributed by atoms with van der Waals surface area (Å²) in [6.45, 7) is 6.37. The van der Waals surface area contributed by atoms with Gasteiger partial charge in [-0.15, -0.1) is 0 Å². The summed E-state index contributed by atoms with van der Waals surface area (Å²) in [5.74, 6) is 2.33. The smallest absolute Gasteiger partial charge is 0.217 e. The van der Waals surface area contributed by atoms with Crippen LogP contribution in [0.3, 0.4) is 0 Å². The number of benzene rings is 5. The van der Waals surface area contributed by atoms with Crippen LogP contribution in [0.25, 0.3) is 38.8 Å². The average Bonchev–Trinajstić information content (AvgIpc) is 3.72.